The first kappa shape index (κ1) is 17.7. The van der Waals surface area contributed by atoms with Gasteiger partial charge in [0.15, 0.2) is 11.6 Å². The molecule has 0 unspecified atom stereocenters. The zero-order chi connectivity index (χ0) is 18.0. The van der Waals surface area contributed by atoms with Crippen molar-refractivity contribution in [3.63, 3.8) is 0 Å². The Bertz CT molecular complexity index is 663. The molecule has 3 rings (SSSR count). The maximum Gasteiger partial charge on any atom is 0.348 e. The number of carboxylic acid groups (broad SMARTS) is 1. The Morgan fingerprint density at radius 2 is 2.08 bits per heavy atom. The number of likely N-dealkylation sites (tertiary alicyclic amines) is 1. The monoisotopic (exact) mass is 351 g/mol. The molecule has 0 aliphatic carbocycles. The fourth-order valence-electron chi connectivity index (χ4n) is 3.33. The first-order valence-corrected chi connectivity index (χ1v) is 8.46. The van der Waals surface area contributed by atoms with Crippen molar-refractivity contribution in [2.45, 2.75) is 31.8 Å². The summed E-state index contributed by atoms with van der Waals surface area (Å²) in [7, 11) is 0. The molecule has 0 bridgehead atoms. The van der Waals surface area contributed by atoms with E-state index in [9.17, 15) is 19.1 Å². The highest BCUT2D eigenvalue weighted by Crippen LogP contribution is 2.32. The van der Waals surface area contributed by atoms with E-state index in [2.05, 4.69) is 0 Å². The molecule has 0 radical (unpaired) electrons. The van der Waals surface area contributed by atoms with Gasteiger partial charge in [0.2, 0.25) is 11.5 Å². The van der Waals surface area contributed by atoms with Crippen molar-refractivity contribution in [2.24, 2.45) is 5.92 Å². The van der Waals surface area contributed by atoms with E-state index in [1.165, 1.54) is 12.1 Å². The maximum atomic E-state index is 14.0. The van der Waals surface area contributed by atoms with Crippen molar-refractivity contribution in [3.05, 3.63) is 29.6 Å². The Hall–Kier alpha value is -2.15. The number of aryl methyl sites for hydroxylation is 1. The Morgan fingerprint density at radius 3 is 2.68 bits per heavy atom. The standard InChI is InChI=1S/C18H22FNO5/c1-12-2-3-14(19)15(10-12)25-18(17(22)23)5-7-20(8-6-18)16(21)13-4-9-24-11-13/h2-3,10,13H,4-9,11H2,1H3,(H,22,23)/t13-/m0/s1. The van der Waals surface area contributed by atoms with Gasteiger partial charge < -0.3 is 19.5 Å². The molecule has 1 atom stereocenters. The first-order chi connectivity index (χ1) is 11.9. The van der Waals surface area contributed by atoms with Crippen LogP contribution in [0.5, 0.6) is 5.75 Å². The summed E-state index contributed by atoms with van der Waals surface area (Å²) in [5, 5.41) is 9.68. The van der Waals surface area contributed by atoms with E-state index in [0.29, 0.717) is 19.6 Å². The third-order valence-electron chi connectivity index (χ3n) is 4.94. The molecule has 2 fully saturated rings. The van der Waals surface area contributed by atoms with Gasteiger partial charge in [-0.1, -0.05) is 6.07 Å². The summed E-state index contributed by atoms with van der Waals surface area (Å²) in [4.78, 5) is 25.9. The molecule has 1 aromatic rings. The van der Waals surface area contributed by atoms with E-state index in [1.54, 1.807) is 17.9 Å². The maximum absolute atomic E-state index is 14.0. The Kier molecular flexibility index (Phi) is 4.94. The minimum Gasteiger partial charge on any atom is -0.478 e. The van der Waals surface area contributed by atoms with Crippen LogP contribution in [0.4, 0.5) is 4.39 Å². The summed E-state index contributed by atoms with van der Waals surface area (Å²) in [5.74, 6) is -1.94. The lowest BCUT2D eigenvalue weighted by Crippen LogP contribution is -2.55. The molecule has 136 valence electrons. The number of benzene rings is 1. The molecule has 25 heavy (non-hydrogen) atoms. The predicted molar refractivity (Wildman–Crippen MR) is 86.9 cm³/mol. The van der Waals surface area contributed by atoms with Crippen LogP contribution >= 0.6 is 0 Å². The van der Waals surface area contributed by atoms with Crippen molar-refractivity contribution < 1.29 is 28.6 Å². The molecule has 1 aromatic carbocycles. The van der Waals surface area contributed by atoms with E-state index in [0.717, 1.165) is 5.56 Å². The number of hydrogen-bond acceptors (Lipinski definition) is 4. The number of piperidine rings is 1. The van der Waals surface area contributed by atoms with Crippen LogP contribution in [-0.4, -0.2) is 53.8 Å². The molecule has 0 aromatic heterocycles. The number of carboxylic acids is 1. The second-order valence-electron chi connectivity index (χ2n) is 6.72. The van der Waals surface area contributed by atoms with Crippen LogP contribution < -0.4 is 4.74 Å². The van der Waals surface area contributed by atoms with E-state index >= 15 is 0 Å². The molecule has 2 heterocycles. The molecule has 2 aliphatic rings. The van der Waals surface area contributed by atoms with Gasteiger partial charge >= 0.3 is 5.97 Å². The van der Waals surface area contributed by atoms with Crippen LogP contribution in [0.3, 0.4) is 0 Å². The van der Waals surface area contributed by atoms with Crippen LogP contribution in [0.25, 0.3) is 0 Å². The smallest absolute Gasteiger partial charge is 0.348 e. The summed E-state index contributed by atoms with van der Waals surface area (Å²) < 4.78 is 24.8. The number of halogens is 1. The van der Waals surface area contributed by atoms with Crippen molar-refractivity contribution >= 4 is 11.9 Å². The largest absolute Gasteiger partial charge is 0.478 e. The molecule has 0 saturated carbocycles. The average Bonchev–Trinajstić information content (AvgIpc) is 3.12. The number of carbonyl (C=O) groups is 2. The number of hydrogen-bond donors (Lipinski definition) is 1. The quantitative estimate of drug-likeness (QED) is 0.898. The summed E-state index contributed by atoms with van der Waals surface area (Å²) in [6, 6.07) is 4.35. The lowest BCUT2D eigenvalue weighted by atomic mass is 9.90. The highest BCUT2D eigenvalue weighted by atomic mass is 19.1. The van der Waals surface area contributed by atoms with Gasteiger partial charge in [-0.15, -0.1) is 0 Å². The van der Waals surface area contributed by atoms with E-state index in [1.807, 2.05) is 0 Å². The van der Waals surface area contributed by atoms with E-state index < -0.39 is 17.4 Å². The summed E-state index contributed by atoms with van der Waals surface area (Å²) in [6.45, 7) is 3.33. The first-order valence-electron chi connectivity index (χ1n) is 8.46. The van der Waals surface area contributed by atoms with Crippen LogP contribution in [0.2, 0.25) is 0 Å². The number of carbonyl (C=O) groups excluding carboxylic acids is 1. The average molecular weight is 351 g/mol. The van der Waals surface area contributed by atoms with Crippen molar-refractivity contribution in [1.29, 1.82) is 0 Å². The van der Waals surface area contributed by atoms with Gasteiger partial charge in [0, 0.05) is 32.5 Å². The molecular formula is C18H22FNO5. The fourth-order valence-corrected chi connectivity index (χ4v) is 3.33. The Morgan fingerprint density at radius 1 is 1.36 bits per heavy atom. The number of ether oxygens (including phenoxy) is 2. The zero-order valence-corrected chi connectivity index (χ0v) is 14.2. The van der Waals surface area contributed by atoms with Gasteiger partial charge in [0.1, 0.15) is 0 Å². The third-order valence-corrected chi connectivity index (χ3v) is 4.94. The molecule has 2 saturated heterocycles. The fraction of sp³-hybridized carbons (Fsp3) is 0.556. The number of amides is 1. The highest BCUT2D eigenvalue weighted by Gasteiger charge is 2.46. The van der Waals surface area contributed by atoms with E-state index in [-0.39, 0.29) is 43.5 Å². The number of aliphatic carboxylic acids is 1. The van der Waals surface area contributed by atoms with Gasteiger partial charge in [0.05, 0.1) is 12.5 Å². The molecule has 2 aliphatic heterocycles. The SMILES string of the molecule is Cc1ccc(F)c(OC2(C(=O)O)CCN(C(=O)[C@H]3CCOC3)CC2)c1. The second-order valence-corrected chi connectivity index (χ2v) is 6.72. The van der Waals surface area contributed by atoms with Gasteiger partial charge in [0.25, 0.3) is 0 Å². The molecular weight excluding hydrogens is 329 g/mol. The van der Waals surface area contributed by atoms with Crippen molar-refractivity contribution in [3.8, 4) is 5.75 Å². The summed E-state index contributed by atoms with van der Waals surface area (Å²) >= 11 is 0. The van der Waals surface area contributed by atoms with Crippen molar-refractivity contribution in [1.82, 2.24) is 4.90 Å². The molecule has 1 amide bonds. The van der Waals surface area contributed by atoms with Crippen LogP contribution in [0.15, 0.2) is 18.2 Å². The van der Waals surface area contributed by atoms with Crippen molar-refractivity contribution in [2.75, 3.05) is 26.3 Å². The normalized spacial score (nSPS) is 22.6. The number of nitrogens with zero attached hydrogens (tertiary/aromatic N) is 1. The van der Waals surface area contributed by atoms with Gasteiger partial charge in [-0.3, -0.25) is 4.79 Å². The minimum atomic E-state index is -1.52. The predicted octanol–water partition coefficient (Wildman–Crippen LogP) is 2.00. The molecule has 0 spiro atoms. The zero-order valence-electron chi connectivity index (χ0n) is 14.2. The molecule has 1 N–H and O–H groups in total. The Labute approximate surface area is 145 Å². The summed E-state index contributed by atoms with van der Waals surface area (Å²) in [5.41, 5.74) is -0.733. The lowest BCUT2D eigenvalue weighted by Gasteiger charge is -2.39. The number of rotatable bonds is 4. The van der Waals surface area contributed by atoms with Gasteiger partial charge in [-0.05, 0) is 31.0 Å². The van der Waals surface area contributed by atoms with Gasteiger partial charge in [-0.2, -0.15) is 0 Å². The van der Waals surface area contributed by atoms with E-state index in [4.69, 9.17) is 9.47 Å². The highest BCUT2D eigenvalue weighted by molar-refractivity contribution is 5.81. The topological polar surface area (TPSA) is 76.1 Å². The minimum absolute atomic E-state index is 0.00164. The second kappa shape index (κ2) is 7.00. The van der Waals surface area contributed by atoms with Crippen LogP contribution in [0.1, 0.15) is 24.8 Å². The molecule has 6 nitrogen and oxygen atoms in total. The van der Waals surface area contributed by atoms with Gasteiger partial charge in [-0.25, -0.2) is 9.18 Å². The third kappa shape index (κ3) is 3.61. The van der Waals surface area contributed by atoms with Crippen LogP contribution in [0, 0.1) is 18.7 Å². The lowest BCUT2D eigenvalue weighted by molar-refractivity contribution is -0.162. The van der Waals surface area contributed by atoms with Crippen LogP contribution in [-0.2, 0) is 14.3 Å². The molecule has 7 heteroatoms. The summed E-state index contributed by atoms with van der Waals surface area (Å²) in [6.07, 6.45) is 0.939. The Balaban J connectivity index is 1.71.